The Bertz CT molecular complexity index is 1220. The zero-order chi connectivity index (χ0) is 23.3. The number of ketones is 1. The molecule has 32 heavy (non-hydrogen) atoms. The molecule has 1 heterocycles. The zero-order valence-electron chi connectivity index (χ0n) is 18.1. The van der Waals surface area contributed by atoms with E-state index in [1.165, 1.54) is 53.7 Å². The molecule has 2 aromatic carbocycles. The molecule has 0 saturated heterocycles. The van der Waals surface area contributed by atoms with Gasteiger partial charge in [-0.2, -0.15) is 0 Å². The third kappa shape index (κ3) is 6.32. The maximum absolute atomic E-state index is 12.4. The van der Waals surface area contributed by atoms with Gasteiger partial charge in [0.15, 0.2) is 10.9 Å². The van der Waals surface area contributed by atoms with Crippen LogP contribution in [0.4, 0.5) is 5.13 Å². The molecule has 3 rings (SSSR count). The van der Waals surface area contributed by atoms with E-state index < -0.39 is 10.0 Å². The lowest BCUT2D eigenvalue weighted by Crippen LogP contribution is -2.27. The second kappa shape index (κ2) is 10.2. The number of aromatic nitrogens is 1. The van der Waals surface area contributed by atoms with Crippen LogP contribution in [0.1, 0.15) is 45.4 Å². The van der Waals surface area contributed by atoms with Gasteiger partial charge in [-0.1, -0.05) is 42.0 Å². The fraction of sp³-hybridized carbons (Fsp3) is 0.261. The van der Waals surface area contributed by atoms with E-state index in [1.54, 1.807) is 0 Å². The summed E-state index contributed by atoms with van der Waals surface area (Å²) in [4.78, 5) is 29.1. The number of nitrogens with one attached hydrogen (secondary N) is 2. The first-order chi connectivity index (χ1) is 15.1. The molecule has 0 aliphatic rings. The monoisotopic (exact) mass is 471 g/mol. The number of carbonyl (C=O) groups is 2. The first-order valence-corrected chi connectivity index (χ1v) is 12.4. The number of hydrogen-bond acceptors (Lipinski definition) is 6. The standard InChI is InChI=1S/C23H25N3O4S2/c1-15-4-6-18(7-5-15)14-21-16(2)25-23(31-21)26-22(28)12-13-24-32(29,30)20-10-8-19(9-11-20)17(3)27/h4-11,24H,12-14H2,1-3H3,(H,25,26,28). The van der Waals surface area contributed by atoms with Crippen LogP contribution >= 0.6 is 11.3 Å². The van der Waals surface area contributed by atoms with E-state index in [2.05, 4.69) is 39.3 Å². The van der Waals surface area contributed by atoms with Gasteiger partial charge in [0, 0.05) is 29.8 Å². The normalized spacial score (nSPS) is 11.3. The number of nitrogens with zero attached hydrogens (tertiary/aromatic N) is 1. The van der Waals surface area contributed by atoms with Gasteiger partial charge in [-0.15, -0.1) is 11.3 Å². The summed E-state index contributed by atoms with van der Waals surface area (Å²) in [7, 11) is -3.77. The van der Waals surface area contributed by atoms with Crippen LogP contribution in [0.15, 0.2) is 53.4 Å². The van der Waals surface area contributed by atoms with Gasteiger partial charge >= 0.3 is 0 Å². The van der Waals surface area contributed by atoms with Crippen LogP contribution < -0.4 is 10.0 Å². The number of carbonyl (C=O) groups excluding carboxylic acids is 2. The van der Waals surface area contributed by atoms with E-state index in [1.807, 2.05) is 13.8 Å². The molecule has 0 atom stereocenters. The molecule has 9 heteroatoms. The van der Waals surface area contributed by atoms with Crippen LogP contribution in [-0.2, 0) is 21.2 Å². The Morgan fingerprint density at radius 3 is 2.28 bits per heavy atom. The van der Waals surface area contributed by atoms with Crippen LogP contribution in [0.3, 0.4) is 0 Å². The fourth-order valence-electron chi connectivity index (χ4n) is 2.97. The van der Waals surface area contributed by atoms with Gasteiger partial charge in [0.2, 0.25) is 15.9 Å². The first kappa shape index (κ1) is 23.8. The molecule has 1 amide bonds. The molecule has 0 fully saturated rings. The molecule has 2 N–H and O–H groups in total. The maximum atomic E-state index is 12.4. The molecule has 0 radical (unpaired) electrons. The van der Waals surface area contributed by atoms with Gasteiger partial charge in [-0.05, 0) is 38.5 Å². The predicted octanol–water partition coefficient (Wildman–Crippen LogP) is 3.86. The highest BCUT2D eigenvalue weighted by Crippen LogP contribution is 2.25. The molecular weight excluding hydrogens is 446 g/mol. The van der Waals surface area contributed by atoms with E-state index in [0.717, 1.165) is 17.0 Å². The van der Waals surface area contributed by atoms with Crippen molar-refractivity contribution in [3.63, 3.8) is 0 Å². The average Bonchev–Trinajstić information content (AvgIpc) is 3.08. The Morgan fingerprint density at radius 2 is 1.66 bits per heavy atom. The number of sulfonamides is 1. The Balaban J connectivity index is 1.52. The highest BCUT2D eigenvalue weighted by atomic mass is 32.2. The smallest absolute Gasteiger partial charge is 0.240 e. The molecule has 7 nitrogen and oxygen atoms in total. The van der Waals surface area contributed by atoms with Crippen LogP contribution in [0.25, 0.3) is 0 Å². The number of Topliss-reactive ketones (excluding diaryl/α,β-unsaturated/α-hetero) is 1. The van der Waals surface area contributed by atoms with E-state index in [4.69, 9.17) is 0 Å². The van der Waals surface area contributed by atoms with Gasteiger partial charge in [0.05, 0.1) is 10.6 Å². The molecular formula is C23H25N3O4S2. The average molecular weight is 472 g/mol. The molecule has 0 aliphatic heterocycles. The second-order valence-electron chi connectivity index (χ2n) is 7.47. The minimum Gasteiger partial charge on any atom is -0.302 e. The van der Waals surface area contributed by atoms with Crippen molar-refractivity contribution in [2.24, 2.45) is 0 Å². The van der Waals surface area contributed by atoms with Crippen molar-refractivity contribution in [1.82, 2.24) is 9.71 Å². The topological polar surface area (TPSA) is 105 Å². The molecule has 1 aromatic heterocycles. The molecule has 3 aromatic rings. The van der Waals surface area contributed by atoms with Crippen molar-refractivity contribution in [2.75, 3.05) is 11.9 Å². The Labute approximate surface area is 192 Å². The number of aryl methyl sites for hydroxylation is 2. The van der Waals surface area contributed by atoms with Crippen molar-refractivity contribution < 1.29 is 18.0 Å². The summed E-state index contributed by atoms with van der Waals surface area (Å²) >= 11 is 1.42. The Hall–Kier alpha value is -2.88. The van der Waals surface area contributed by atoms with Crippen LogP contribution in [0, 0.1) is 13.8 Å². The van der Waals surface area contributed by atoms with Gasteiger partial charge in [-0.3, -0.25) is 9.59 Å². The van der Waals surface area contributed by atoms with E-state index in [-0.39, 0.29) is 29.6 Å². The fourth-order valence-corrected chi connectivity index (χ4v) is 5.01. The number of amides is 1. The summed E-state index contributed by atoms with van der Waals surface area (Å²) in [6, 6.07) is 13.9. The predicted molar refractivity (Wildman–Crippen MR) is 126 cm³/mol. The molecule has 0 unspecified atom stereocenters. The summed E-state index contributed by atoms with van der Waals surface area (Å²) in [5, 5.41) is 3.24. The molecule has 0 aliphatic carbocycles. The third-order valence-electron chi connectivity index (χ3n) is 4.84. The van der Waals surface area contributed by atoms with Crippen molar-refractivity contribution in [3.05, 3.63) is 75.8 Å². The first-order valence-electron chi connectivity index (χ1n) is 10.1. The highest BCUT2D eigenvalue weighted by Gasteiger charge is 2.16. The lowest BCUT2D eigenvalue weighted by Gasteiger charge is -2.07. The number of thiazole rings is 1. The second-order valence-corrected chi connectivity index (χ2v) is 10.3. The van der Waals surface area contributed by atoms with Crippen molar-refractivity contribution >= 4 is 38.2 Å². The van der Waals surface area contributed by atoms with Crippen molar-refractivity contribution in [1.29, 1.82) is 0 Å². The van der Waals surface area contributed by atoms with Gasteiger partial charge in [-0.25, -0.2) is 18.1 Å². The number of benzene rings is 2. The van der Waals surface area contributed by atoms with E-state index in [0.29, 0.717) is 10.7 Å². The lowest BCUT2D eigenvalue weighted by molar-refractivity contribution is -0.116. The van der Waals surface area contributed by atoms with Gasteiger partial charge < -0.3 is 5.32 Å². The van der Waals surface area contributed by atoms with Crippen LogP contribution in [0.2, 0.25) is 0 Å². The highest BCUT2D eigenvalue weighted by molar-refractivity contribution is 7.89. The summed E-state index contributed by atoms with van der Waals surface area (Å²) in [6.07, 6.45) is 0.707. The number of hydrogen-bond donors (Lipinski definition) is 2. The molecule has 168 valence electrons. The molecule has 0 saturated carbocycles. The largest absolute Gasteiger partial charge is 0.302 e. The number of anilines is 1. The van der Waals surface area contributed by atoms with Gasteiger partial charge in [0.25, 0.3) is 0 Å². The van der Waals surface area contributed by atoms with E-state index >= 15 is 0 Å². The quantitative estimate of drug-likeness (QED) is 0.461. The summed E-state index contributed by atoms with van der Waals surface area (Å²) in [5.41, 5.74) is 3.67. The Kier molecular flexibility index (Phi) is 7.55. The minimum atomic E-state index is -3.77. The minimum absolute atomic E-state index is 0.0311. The van der Waals surface area contributed by atoms with Crippen LogP contribution in [0.5, 0.6) is 0 Å². The SMILES string of the molecule is CC(=O)c1ccc(S(=O)(=O)NCCC(=O)Nc2nc(C)c(Cc3ccc(C)cc3)s2)cc1. The number of rotatable bonds is 9. The summed E-state index contributed by atoms with van der Waals surface area (Å²) in [5.74, 6) is -0.465. The van der Waals surface area contributed by atoms with Crippen molar-refractivity contribution in [3.8, 4) is 0 Å². The summed E-state index contributed by atoms with van der Waals surface area (Å²) < 4.78 is 27.1. The van der Waals surface area contributed by atoms with Gasteiger partial charge in [0.1, 0.15) is 0 Å². The third-order valence-corrected chi connectivity index (χ3v) is 7.39. The Morgan fingerprint density at radius 1 is 1.00 bits per heavy atom. The van der Waals surface area contributed by atoms with E-state index in [9.17, 15) is 18.0 Å². The van der Waals surface area contributed by atoms with Crippen LogP contribution in [-0.4, -0.2) is 31.6 Å². The molecule has 0 bridgehead atoms. The maximum Gasteiger partial charge on any atom is 0.240 e. The zero-order valence-corrected chi connectivity index (χ0v) is 19.8. The summed E-state index contributed by atoms with van der Waals surface area (Å²) in [6.45, 7) is 5.31. The molecule has 0 spiro atoms. The van der Waals surface area contributed by atoms with Crippen molar-refractivity contribution in [2.45, 2.75) is 38.5 Å². The lowest BCUT2D eigenvalue weighted by atomic mass is 10.1.